The van der Waals surface area contributed by atoms with Crippen LogP contribution >= 0.6 is 0 Å². The molecule has 2 atom stereocenters. The van der Waals surface area contributed by atoms with Crippen LogP contribution in [0.5, 0.6) is 0 Å². The molecule has 2 rings (SSSR count). The quantitative estimate of drug-likeness (QED) is 0.637. The summed E-state index contributed by atoms with van der Waals surface area (Å²) in [6.07, 6.45) is 2.85. The van der Waals surface area contributed by atoms with E-state index < -0.39 is 0 Å². The van der Waals surface area contributed by atoms with Gasteiger partial charge in [-0.1, -0.05) is 13.8 Å². The number of likely N-dealkylation sites (N-methyl/N-ethyl adjacent to an activating group) is 1. The molecule has 2 heterocycles. The van der Waals surface area contributed by atoms with E-state index in [2.05, 4.69) is 23.6 Å². The Morgan fingerprint density at radius 1 is 1.15 bits per heavy atom. The van der Waals surface area contributed by atoms with Gasteiger partial charge in [-0.3, -0.25) is 4.90 Å². The molecule has 0 N–H and O–H groups in total. The summed E-state index contributed by atoms with van der Waals surface area (Å²) in [6.45, 7) is 11.3. The molecule has 0 aromatic heterocycles. The Balaban J connectivity index is 1.91. The maximum Gasteiger partial charge on any atom is 0.0260 e. The Bertz CT molecular complexity index is 163. The zero-order valence-electron chi connectivity index (χ0n) is 9.00. The van der Waals surface area contributed by atoms with E-state index in [9.17, 15) is 0 Å². The van der Waals surface area contributed by atoms with Crippen LogP contribution in [0.3, 0.4) is 0 Å². The Morgan fingerprint density at radius 2 is 1.85 bits per heavy atom. The molecule has 0 radical (unpaired) electrons. The lowest BCUT2D eigenvalue weighted by molar-refractivity contribution is 0.212. The number of hydrogen-bond acceptors (Lipinski definition) is 2. The second kappa shape index (κ2) is 3.97. The highest BCUT2D eigenvalue weighted by atomic mass is 15.3. The standard InChI is InChI=1S/C11H22N2/c1-3-12-8-10(2)11(9-12)13-6-4-5-7-13/h10-11H,3-9H2,1-2H3. The van der Waals surface area contributed by atoms with E-state index in [-0.39, 0.29) is 0 Å². The van der Waals surface area contributed by atoms with Crippen LogP contribution in [-0.2, 0) is 0 Å². The van der Waals surface area contributed by atoms with Crippen LogP contribution in [0.2, 0.25) is 0 Å². The van der Waals surface area contributed by atoms with Gasteiger partial charge in [-0.25, -0.2) is 0 Å². The molecule has 13 heavy (non-hydrogen) atoms. The molecule has 76 valence electrons. The fourth-order valence-electron chi connectivity index (χ4n) is 2.85. The van der Waals surface area contributed by atoms with Gasteiger partial charge in [0.25, 0.3) is 0 Å². The minimum atomic E-state index is 0.863. The highest BCUT2D eigenvalue weighted by Crippen LogP contribution is 2.24. The number of rotatable bonds is 2. The maximum atomic E-state index is 2.71. The fraction of sp³-hybridized carbons (Fsp3) is 1.00. The molecule has 2 aliphatic heterocycles. The molecule has 0 saturated carbocycles. The number of likely N-dealkylation sites (tertiary alicyclic amines) is 2. The molecule has 2 saturated heterocycles. The summed E-state index contributed by atoms with van der Waals surface area (Å²) in [4.78, 5) is 5.30. The third-order valence-corrected chi connectivity index (χ3v) is 3.71. The monoisotopic (exact) mass is 182 g/mol. The first kappa shape index (κ1) is 9.47. The first-order valence-electron chi connectivity index (χ1n) is 5.77. The summed E-state index contributed by atoms with van der Waals surface area (Å²) < 4.78 is 0. The average molecular weight is 182 g/mol. The van der Waals surface area contributed by atoms with Gasteiger partial charge in [0.1, 0.15) is 0 Å². The van der Waals surface area contributed by atoms with Crippen molar-refractivity contribution in [2.75, 3.05) is 32.7 Å². The van der Waals surface area contributed by atoms with Crippen molar-refractivity contribution in [1.29, 1.82) is 0 Å². The smallest absolute Gasteiger partial charge is 0.0260 e. The largest absolute Gasteiger partial charge is 0.302 e. The van der Waals surface area contributed by atoms with E-state index in [1.165, 1.54) is 45.6 Å². The van der Waals surface area contributed by atoms with Gasteiger partial charge in [0.05, 0.1) is 0 Å². The van der Waals surface area contributed by atoms with Gasteiger partial charge in [-0.2, -0.15) is 0 Å². The van der Waals surface area contributed by atoms with E-state index in [0.29, 0.717) is 0 Å². The summed E-state index contributed by atoms with van der Waals surface area (Å²) >= 11 is 0. The van der Waals surface area contributed by atoms with Crippen molar-refractivity contribution >= 4 is 0 Å². The Labute approximate surface area is 81.9 Å². The van der Waals surface area contributed by atoms with Crippen LogP contribution < -0.4 is 0 Å². The molecule has 0 spiro atoms. The Hall–Kier alpha value is -0.0800. The molecule has 2 heteroatoms. The number of nitrogens with zero attached hydrogens (tertiary/aromatic N) is 2. The minimum absolute atomic E-state index is 0.863. The molecular weight excluding hydrogens is 160 g/mol. The zero-order valence-corrected chi connectivity index (χ0v) is 9.00. The van der Waals surface area contributed by atoms with Gasteiger partial charge in [0.15, 0.2) is 0 Å². The lowest BCUT2D eigenvalue weighted by Crippen LogP contribution is -2.38. The van der Waals surface area contributed by atoms with Gasteiger partial charge >= 0.3 is 0 Å². The SMILES string of the molecule is CCN1CC(C)C(N2CCCC2)C1. The molecular formula is C11H22N2. The summed E-state index contributed by atoms with van der Waals surface area (Å²) in [7, 11) is 0. The summed E-state index contributed by atoms with van der Waals surface area (Å²) in [5.41, 5.74) is 0. The maximum absolute atomic E-state index is 2.71. The predicted molar refractivity (Wildman–Crippen MR) is 55.9 cm³/mol. The Kier molecular flexibility index (Phi) is 2.89. The second-order valence-electron chi connectivity index (χ2n) is 4.64. The van der Waals surface area contributed by atoms with Crippen molar-refractivity contribution in [1.82, 2.24) is 9.80 Å². The average Bonchev–Trinajstić information content (AvgIpc) is 2.72. The zero-order chi connectivity index (χ0) is 9.26. The van der Waals surface area contributed by atoms with E-state index in [0.717, 1.165) is 12.0 Å². The topological polar surface area (TPSA) is 6.48 Å². The number of hydrogen-bond donors (Lipinski definition) is 0. The van der Waals surface area contributed by atoms with Crippen LogP contribution in [0.15, 0.2) is 0 Å². The predicted octanol–water partition coefficient (Wildman–Crippen LogP) is 1.42. The van der Waals surface area contributed by atoms with Gasteiger partial charge in [0.2, 0.25) is 0 Å². The Morgan fingerprint density at radius 3 is 2.38 bits per heavy atom. The summed E-state index contributed by atoms with van der Waals surface area (Å²) in [5, 5.41) is 0. The van der Waals surface area contributed by atoms with Crippen LogP contribution in [-0.4, -0.2) is 48.6 Å². The molecule has 0 aromatic carbocycles. The summed E-state index contributed by atoms with van der Waals surface area (Å²) in [6, 6.07) is 0.863. The molecule has 2 fully saturated rings. The molecule has 2 aliphatic rings. The molecule has 0 amide bonds. The minimum Gasteiger partial charge on any atom is -0.302 e. The van der Waals surface area contributed by atoms with Gasteiger partial charge in [-0.05, 0) is 38.4 Å². The molecule has 0 aliphatic carbocycles. The molecule has 2 unspecified atom stereocenters. The fourth-order valence-corrected chi connectivity index (χ4v) is 2.85. The highest BCUT2D eigenvalue weighted by Gasteiger charge is 2.33. The molecule has 0 bridgehead atoms. The van der Waals surface area contributed by atoms with Crippen molar-refractivity contribution in [3.05, 3.63) is 0 Å². The van der Waals surface area contributed by atoms with Crippen molar-refractivity contribution in [2.45, 2.75) is 32.7 Å². The van der Waals surface area contributed by atoms with E-state index in [4.69, 9.17) is 0 Å². The van der Waals surface area contributed by atoms with Crippen LogP contribution in [0.1, 0.15) is 26.7 Å². The highest BCUT2D eigenvalue weighted by molar-refractivity contribution is 4.89. The third-order valence-electron chi connectivity index (χ3n) is 3.71. The van der Waals surface area contributed by atoms with Crippen molar-refractivity contribution in [3.8, 4) is 0 Å². The van der Waals surface area contributed by atoms with Crippen molar-refractivity contribution < 1.29 is 0 Å². The second-order valence-corrected chi connectivity index (χ2v) is 4.64. The van der Waals surface area contributed by atoms with Crippen LogP contribution in [0.25, 0.3) is 0 Å². The van der Waals surface area contributed by atoms with Gasteiger partial charge < -0.3 is 4.90 Å². The third kappa shape index (κ3) is 1.89. The lowest BCUT2D eigenvalue weighted by atomic mass is 10.1. The van der Waals surface area contributed by atoms with Crippen molar-refractivity contribution in [2.24, 2.45) is 5.92 Å². The first-order chi connectivity index (χ1) is 6.31. The first-order valence-corrected chi connectivity index (χ1v) is 5.77. The van der Waals surface area contributed by atoms with E-state index in [1.807, 2.05) is 0 Å². The summed E-state index contributed by atoms with van der Waals surface area (Å²) in [5.74, 6) is 0.887. The van der Waals surface area contributed by atoms with Crippen LogP contribution in [0, 0.1) is 5.92 Å². The van der Waals surface area contributed by atoms with E-state index in [1.54, 1.807) is 0 Å². The molecule has 0 aromatic rings. The lowest BCUT2D eigenvalue weighted by Gasteiger charge is -2.26. The molecule has 2 nitrogen and oxygen atoms in total. The van der Waals surface area contributed by atoms with Crippen LogP contribution in [0.4, 0.5) is 0 Å². The van der Waals surface area contributed by atoms with Crippen molar-refractivity contribution in [3.63, 3.8) is 0 Å². The van der Waals surface area contributed by atoms with Gasteiger partial charge in [0, 0.05) is 19.1 Å². The van der Waals surface area contributed by atoms with E-state index >= 15 is 0 Å². The van der Waals surface area contributed by atoms with Gasteiger partial charge in [-0.15, -0.1) is 0 Å². The normalized spacial score (nSPS) is 37.4.